The molecule has 0 bridgehead atoms. The Morgan fingerprint density at radius 2 is 1.76 bits per heavy atom. The second-order valence-corrected chi connectivity index (χ2v) is 6.93. The largest absolute Gasteiger partial charge is 0.356 e. The second-order valence-electron chi connectivity index (χ2n) is 6.93. The molecule has 2 N–H and O–H groups in total. The van der Waals surface area contributed by atoms with Gasteiger partial charge in [-0.1, -0.05) is 36.4 Å². The number of fused-ring (bicyclic) bond motifs is 1. The molecule has 0 spiro atoms. The molecule has 0 saturated carbocycles. The van der Waals surface area contributed by atoms with E-state index in [9.17, 15) is 9.18 Å². The van der Waals surface area contributed by atoms with Crippen molar-refractivity contribution in [2.24, 2.45) is 4.99 Å². The van der Waals surface area contributed by atoms with Crippen LogP contribution in [0.4, 0.5) is 4.39 Å². The zero-order valence-corrected chi connectivity index (χ0v) is 19.0. The lowest BCUT2D eigenvalue weighted by Crippen LogP contribution is -2.39. The van der Waals surface area contributed by atoms with Crippen molar-refractivity contribution >= 4 is 35.8 Å². The third-order valence-electron chi connectivity index (χ3n) is 4.87. The Morgan fingerprint density at radius 3 is 2.41 bits per heavy atom. The SMILES string of the molecule is CN=C(NCCCC(=O)N1Cc2ccccc2C1)NCCc1cccc(F)c1.I. The van der Waals surface area contributed by atoms with Crippen LogP contribution in [-0.4, -0.2) is 36.9 Å². The zero-order chi connectivity index (χ0) is 19.8. The number of rotatable bonds is 7. The standard InChI is InChI=1S/C22H27FN4O.HI/c1-24-22(26-13-11-17-6-4-9-20(23)14-17)25-12-5-10-21(28)27-15-18-7-2-3-8-19(18)16-27;/h2-4,6-9,14H,5,10-13,15-16H2,1H3,(H2,24,25,26);1H. The predicted octanol–water partition coefficient (Wildman–Crippen LogP) is 3.47. The first-order valence-corrected chi connectivity index (χ1v) is 9.69. The molecule has 1 aliphatic heterocycles. The molecule has 0 aromatic heterocycles. The van der Waals surface area contributed by atoms with Crippen LogP contribution in [0.15, 0.2) is 53.5 Å². The van der Waals surface area contributed by atoms with E-state index in [0.717, 1.165) is 12.0 Å². The first-order chi connectivity index (χ1) is 13.7. The van der Waals surface area contributed by atoms with Crippen molar-refractivity contribution in [3.63, 3.8) is 0 Å². The Labute approximate surface area is 188 Å². The van der Waals surface area contributed by atoms with Gasteiger partial charge in [-0.25, -0.2) is 4.39 Å². The lowest BCUT2D eigenvalue weighted by molar-refractivity contribution is -0.131. The molecule has 0 radical (unpaired) electrons. The van der Waals surface area contributed by atoms with Crippen molar-refractivity contribution in [1.82, 2.24) is 15.5 Å². The fourth-order valence-corrected chi connectivity index (χ4v) is 3.35. The van der Waals surface area contributed by atoms with Crippen molar-refractivity contribution in [3.05, 3.63) is 71.0 Å². The van der Waals surface area contributed by atoms with E-state index in [-0.39, 0.29) is 35.7 Å². The molecule has 1 amide bonds. The molecule has 2 aromatic carbocycles. The highest BCUT2D eigenvalue weighted by Gasteiger charge is 2.22. The smallest absolute Gasteiger partial charge is 0.223 e. The van der Waals surface area contributed by atoms with E-state index in [0.29, 0.717) is 45.0 Å². The minimum Gasteiger partial charge on any atom is -0.356 e. The summed E-state index contributed by atoms with van der Waals surface area (Å²) in [5, 5.41) is 6.44. The molecule has 0 atom stereocenters. The molecular formula is C22H28FIN4O. The summed E-state index contributed by atoms with van der Waals surface area (Å²) in [5.74, 6) is 0.662. The topological polar surface area (TPSA) is 56.7 Å². The van der Waals surface area contributed by atoms with E-state index in [1.165, 1.54) is 17.2 Å². The Morgan fingerprint density at radius 1 is 1.07 bits per heavy atom. The van der Waals surface area contributed by atoms with Gasteiger partial charge in [-0.05, 0) is 41.7 Å². The van der Waals surface area contributed by atoms with Gasteiger partial charge in [0.25, 0.3) is 0 Å². The van der Waals surface area contributed by atoms with E-state index < -0.39 is 0 Å². The lowest BCUT2D eigenvalue weighted by Gasteiger charge is -2.16. The fraction of sp³-hybridized carbons (Fsp3) is 0.364. The van der Waals surface area contributed by atoms with Gasteiger partial charge in [0.2, 0.25) is 5.91 Å². The first-order valence-electron chi connectivity index (χ1n) is 9.69. The van der Waals surface area contributed by atoms with Crippen molar-refractivity contribution in [3.8, 4) is 0 Å². The van der Waals surface area contributed by atoms with Crippen molar-refractivity contribution in [2.75, 3.05) is 20.1 Å². The number of carbonyl (C=O) groups is 1. The maximum atomic E-state index is 13.2. The molecule has 0 saturated heterocycles. The van der Waals surface area contributed by atoms with Gasteiger partial charge >= 0.3 is 0 Å². The van der Waals surface area contributed by atoms with E-state index >= 15 is 0 Å². The van der Waals surface area contributed by atoms with Crippen LogP contribution in [0.1, 0.15) is 29.5 Å². The van der Waals surface area contributed by atoms with Gasteiger partial charge < -0.3 is 15.5 Å². The Hall–Kier alpha value is -2.16. The highest BCUT2D eigenvalue weighted by molar-refractivity contribution is 14.0. The number of aliphatic imine (C=N–C) groups is 1. The normalized spacial score (nSPS) is 12.9. The van der Waals surface area contributed by atoms with Gasteiger partial charge in [-0.3, -0.25) is 9.79 Å². The number of carbonyl (C=O) groups excluding carboxylic acids is 1. The number of halogens is 2. The molecular weight excluding hydrogens is 482 g/mol. The first kappa shape index (κ1) is 23.1. The molecule has 2 aromatic rings. The van der Waals surface area contributed by atoms with E-state index in [4.69, 9.17) is 0 Å². The number of guanidine groups is 1. The number of nitrogens with zero attached hydrogens (tertiary/aromatic N) is 2. The number of benzene rings is 2. The van der Waals surface area contributed by atoms with Crippen molar-refractivity contribution in [1.29, 1.82) is 0 Å². The minimum atomic E-state index is -0.217. The van der Waals surface area contributed by atoms with Crippen LogP contribution < -0.4 is 10.6 Å². The summed E-state index contributed by atoms with van der Waals surface area (Å²) in [6, 6.07) is 14.8. The van der Waals surface area contributed by atoms with Crippen molar-refractivity contribution < 1.29 is 9.18 Å². The summed E-state index contributed by atoms with van der Waals surface area (Å²) in [4.78, 5) is 18.5. The van der Waals surface area contributed by atoms with Crippen LogP contribution in [0.3, 0.4) is 0 Å². The Kier molecular flexibility index (Phi) is 9.37. The molecule has 156 valence electrons. The van der Waals surface area contributed by atoms with Gasteiger partial charge in [0.15, 0.2) is 5.96 Å². The van der Waals surface area contributed by atoms with Crippen molar-refractivity contribution in [2.45, 2.75) is 32.4 Å². The monoisotopic (exact) mass is 510 g/mol. The summed E-state index contributed by atoms with van der Waals surface area (Å²) in [6.07, 6.45) is 1.98. The summed E-state index contributed by atoms with van der Waals surface area (Å²) >= 11 is 0. The van der Waals surface area contributed by atoms with Crippen LogP contribution >= 0.6 is 24.0 Å². The third-order valence-corrected chi connectivity index (χ3v) is 4.87. The second kappa shape index (κ2) is 11.7. The molecule has 1 heterocycles. The van der Waals surface area contributed by atoms with Gasteiger partial charge in [0.1, 0.15) is 5.82 Å². The molecule has 0 unspecified atom stereocenters. The van der Waals surface area contributed by atoms with Crippen LogP contribution in [0.2, 0.25) is 0 Å². The number of hydrogen-bond donors (Lipinski definition) is 2. The van der Waals surface area contributed by atoms with E-state index in [2.05, 4.69) is 27.8 Å². The van der Waals surface area contributed by atoms with Gasteiger partial charge in [0, 0.05) is 39.6 Å². The van der Waals surface area contributed by atoms with Gasteiger partial charge in [-0.15, -0.1) is 24.0 Å². The molecule has 7 heteroatoms. The quantitative estimate of drug-likeness (QED) is 0.260. The average Bonchev–Trinajstić information content (AvgIpc) is 3.14. The average molecular weight is 510 g/mol. The van der Waals surface area contributed by atoms with E-state index in [1.807, 2.05) is 23.1 Å². The molecule has 0 aliphatic carbocycles. The molecule has 0 fully saturated rings. The Balaban J connectivity index is 0.00000300. The maximum absolute atomic E-state index is 13.2. The molecule has 29 heavy (non-hydrogen) atoms. The van der Waals surface area contributed by atoms with Crippen LogP contribution in [0.5, 0.6) is 0 Å². The van der Waals surface area contributed by atoms with E-state index in [1.54, 1.807) is 19.2 Å². The van der Waals surface area contributed by atoms with Gasteiger partial charge in [-0.2, -0.15) is 0 Å². The highest BCUT2D eigenvalue weighted by Crippen LogP contribution is 2.22. The maximum Gasteiger partial charge on any atom is 0.223 e. The zero-order valence-electron chi connectivity index (χ0n) is 16.7. The Bertz CT molecular complexity index is 818. The summed E-state index contributed by atoms with van der Waals surface area (Å²) in [7, 11) is 1.71. The van der Waals surface area contributed by atoms with Crippen LogP contribution in [0.25, 0.3) is 0 Å². The summed E-state index contributed by atoms with van der Waals surface area (Å²) < 4.78 is 13.2. The minimum absolute atomic E-state index is 0. The van der Waals surface area contributed by atoms with Gasteiger partial charge in [0.05, 0.1) is 0 Å². The molecule has 5 nitrogen and oxygen atoms in total. The fourth-order valence-electron chi connectivity index (χ4n) is 3.35. The number of amides is 1. The summed E-state index contributed by atoms with van der Waals surface area (Å²) in [5.41, 5.74) is 3.44. The van der Waals surface area contributed by atoms with Crippen LogP contribution in [-0.2, 0) is 24.3 Å². The number of nitrogens with one attached hydrogen (secondary N) is 2. The molecule has 3 rings (SSSR count). The third kappa shape index (κ3) is 6.99. The lowest BCUT2D eigenvalue weighted by atomic mass is 10.1. The molecule has 1 aliphatic rings. The highest BCUT2D eigenvalue weighted by atomic mass is 127. The van der Waals surface area contributed by atoms with Crippen LogP contribution in [0, 0.1) is 5.82 Å². The summed E-state index contributed by atoms with van der Waals surface area (Å²) in [6.45, 7) is 2.76. The number of hydrogen-bond acceptors (Lipinski definition) is 2. The predicted molar refractivity (Wildman–Crippen MR) is 125 cm³/mol.